The summed E-state index contributed by atoms with van der Waals surface area (Å²) in [5.41, 5.74) is -0.515. The number of aliphatic hydroxyl groups is 1. The maximum absolute atomic E-state index is 14.8. The Kier molecular flexibility index (Phi) is 6.88. The number of halogens is 3. The first-order valence-electron chi connectivity index (χ1n) is 10.6. The Labute approximate surface area is 194 Å². The van der Waals surface area contributed by atoms with E-state index in [-0.39, 0.29) is 12.1 Å². The molecular formula is C23H26BrF2N5O. The largest absolute Gasteiger partial charge is 0.381 e. The number of hydrogen-bond acceptors (Lipinski definition) is 5. The number of rotatable bonds is 7. The highest BCUT2D eigenvalue weighted by molar-refractivity contribution is 9.10. The van der Waals surface area contributed by atoms with Crippen molar-refractivity contribution in [1.29, 1.82) is 0 Å². The highest BCUT2D eigenvalue weighted by atomic mass is 79.9. The summed E-state index contributed by atoms with van der Waals surface area (Å²) in [7, 11) is 0. The highest BCUT2D eigenvalue weighted by Gasteiger charge is 2.42. The number of benzene rings is 2. The number of anilines is 1. The normalized spacial score (nSPS) is 18.3. The summed E-state index contributed by atoms with van der Waals surface area (Å²) < 4.78 is 30.8. The van der Waals surface area contributed by atoms with E-state index >= 15 is 0 Å². The van der Waals surface area contributed by atoms with Crippen LogP contribution in [-0.2, 0) is 12.1 Å². The van der Waals surface area contributed by atoms with Crippen LogP contribution in [0.3, 0.4) is 0 Å². The van der Waals surface area contributed by atoms with Crippen molar-refractivity contribution in [3.63, 3.8) is 0 Å². The molecule has 4 rings (SSSR count). The fraction of sp³-hybridized carbons (Fsp3) is 0.391. The number of piperidine rings is 1. The minimum atomic E-state index is -1.62. The first-order valence-corrected chi connectivity index (χ1v) is 11.4. The van der Waals surface area contributed by atoms with Gasteiger partial charge in [-0.3, -0.25) is 4.90 Å². The monoisotopic (exact) mass is 505 g/mol. The van der Waals surface area contributed by atoms with E-state index < -0.39 is 23.3 Å². The van der Waals surface area contributed by atoms with Gasteiger partial charge in [0.2, 0.25) is 0 Å². The Morgan fingerprint density at radius 1 is 1.22 bits per heavy atom. The lowest BCUT2D eigenvalue weighted by atomic mass is 9.84. The van der Waals surface area contributed by atoms with Gasteiger partial charge in [-0.05, 0) is 53.9 Å². The molecule has 32 heavy (non-hydrogen) atoms. The van der Waals surface area contributed by atoms with Crippen LogP contribution in [0.25, 0.3) is 0 Å². The van der Waals surface area contributed by atoms with Gasteiger partial charge in [-0.25, -0.2) is 18.4 Å². The number of likely N-dealkylation sites (tertiary alicyclic amines) is 1. The van der Waals surface area contributed by atoms with E-state index in [2.05, 4.69) is 36.2 Å². The standard InChI is InChI=1S/C23H26BrF2N5O/c1-16(30-10-8-18(9-11-30)29-22-5-3-2-4-20(22)24)23(32,13-31-15-27-14-28-31)19-7-6-17(25)12-21(19)26/h2-7,12,14-16,18,29,32H,8-11,13H2,1H3. The summed E-state index contributed by atoms with van der Waals surface area (Å²) in [5, 5.41) is 19.4. The minimum Gasteiger partial charge on any atom is -0.381 e. The second-order valence-electron chi connectivity index (χ2n) is 8.25. The van der Waals surface area contributed by atoms with Crippen LogP contribution in [0.2, 0.25) is 0 Å². The average Bonchev–Trinajstić information content (AvgIpc) is 3.28. The molecule has 1 fully saturated rings. The van der Waals surface area contributed by atoms with E-state index in [9.17, 15) is 13.9 Å². The van der Waals surface area contributed by atoms with Gasteiger partial charge in [0.1, 0.15) is 29.9 Å². The third kappa shape index (κ3) is 4.84. The number of nitrogens with one attached hydrogen (secondary N) is 1. The van der Waals surface area contributed by atoms with Gasteiger partial charge in [0, 0.05) is 47.0 Å². The molecule has 0 spiro atoms. The van der Waals surface area contributed by atoms with Crippen molar-refractivity contribution in [2.24, 2.45) is 0 Å². The van der Waals surface area contributed by atoms with E-state index in [1.807, 2.05) is 31.2 Å². The summed E-state index contributed by atoms with van der Waals surface area (Å²) in [4.78, 5) is 6.08. The lowest BCUT2D eigenvalue weighted by molar-refractivity contribution is -0.0686. The summed E-state index contributed by atoms with van der Waals surface area (Å²) in [6.45, 7) is 3.34. The molecule has 0 aliphatic carbocycles. The van der Waals surface area contributed by atoms with Crippen LogP contribution < -0.4 is 5.32 Å². The molecule has 1 aliphatic rings. The molecule has 2 atom stereocenters. The van der Waals surface area contributed by atoms with Crippen LogP contribution in [0, 0.1) is 11.6 Å². The fourth-order valence-electron chi connectivity index (χ4n) is 4.38. The molecule has 1 aromatic heterocycles. The van der Waals surface area contributed by atoms with Gasteiger partial charge >= 0.3 is 0 Å². The van der Waals surface area contributed by atoms with Crippen molar-refractivity contribution in [3.05, 3.63) is 76.8 Å². The third-order valence-corrected chi connectivity index (χ3v) is 6.96. The zero-order valence-electron chi connectivity index (χ0n) is 17.8. The van der Waals surface area contributed by atoms with Crippen molar-refractivity contribution in [2.45, 2.75) is 44.0 Å². The first-order chi connectivity index (χ1) is 15.4. The summed E-state index contributed by atoms with van der Waals surface area (Å²) in [6, 6.07) is 11.2. The molecule has 0 bridgehead atoms. The molecule has 2 heterocycles. The Bertz CT molecular complexity index is 1040. The summed E-state index contributed by atoms with van der Waals surface area (Å²) in [5.74, 6) is -1.45. The van der Waals surface area contributed by atoms with Gasteiger partial charge in [0.15, 0.2) is 0 Å². The van der Waals surface area contributed by atoms with Crippen molar-refractivity contribution in [1.82, 2.24) is 19.7 Å². The van der Waals surface area contributed by atoms with Crippen molar-refractivity contribution in [2.75, 3.05) is 18.4 Å². The maximum atomic E-state index is 14.8. The Morgan fingerprint density at radius 3 is 2.62 bits per heavy atom. The van der Waals surface area contributed by atoms with Crippen LogP contribution in [0.5, 0.6) is 0 Å². The van der Waals surface area contributed by atoms with E-state index in [0.29, 0.717) is 6.04 Å². The van der Waals surface area contributed by atoms with E-state index in [1.54, 1.807) is 0 Å². The van der Waals surface area contributed by atoms with Crippen molar-refractivity contribution in [3.8, 4) is 0 Å². The summed E-state index contributed by atoms with van der Waals surface area (Å²) >= 11 is 3.57. The molecule has 6 nitrogen and oxygen atoms in total. The SMILES string of the molecule is CC(N1CCC(Nc2ccccc2Br)CC1)C(O)(Cn1cncn1)c1ccc(F)cc1F. The van der Waals surface area contributed by atoms with Crippen LogP contribution in [-0.4, -0.2) is 49.9 Å². The van der Waals surface area contributed by atoms with Gasteiger partial charge in [-0.2, -0.15) is 5.10 Å². The van der Waals surface area contributed by atoms with Crippen LogP contribution in [0.15, 0.2) is 59.6 Å². The van der Waals surface area contributed by atoms with Gasteiger partial charge in [-0.15, -0.1) is 0 Å². The van der Waals surface area contributed by atoms with Crippen LogP contribution in [0.4, 0.5) is 14.5 Å². The predicted molar refractivity (Wildman–Crippen MR) is 122 cm³/mol. The Balaban J connectivity index is 1.51. The quantitative estimate of drug-likeness (QED) is 0.504. The zero-order chi connectivity index (χ0) is 22.7. The first kappa shape index (κ1) is 22.8. The number of nitrogens with zero attached hydrogens (tertiary/aromatic N) is 4. The van der Waals surface area contributed by atoms with Gasteiger partial charge in [-0.1, -0.05) is 18.2 Å². The Hall–Kier alpha value is -2.36. The van der Waals surface area contributed by atoms with Gasteiger partial charge in [0.25, 0.3) is 0 Å². The molecule has 0 amide bonds. The van der Waals surface area contributed by atoms with Crippen LogP contribution in [0.1, 0.15) is 25.3 Å². The Morgan fingerprint density at radius 2 is 1.97 bits per heavy atom. The van der Waals surface area contributed by atoms with Gasteiger partial charge < -0.3 is 10.4 Å². The second kappa shape index (κ2) is 9.64. The highest BCUT2D eigenvalue weighted by Crippen LogP contribution is 2.34. The van der Waals surface area contributed by atoms with Crippen LogP contribution >= 0.6 is 15.9 Å². The fourth-order valence-corrected chi connectivity index (χ4v) is 4.77. The van der Waals surface area contributed by atoms with Gasteiger partial charge in [0.05, 0.1) is 6.54 Å². The molecule has 3 aromatic rings. The molecule has 170 valence electrons. The lowest BCUT2D eigenvalue weighted by Gasteiger charge is -2.44. The number of hydrogen-bond donors (Lipinski definition) is 2. The van der Waals surface area contributed by atoms with E-state index in [1.165, 1.54) is 29.5 Å². The molecule has 9 heteroatoms. The topological polar surface area (TPSA) is 66.2 Å². The van der Waals surface area contributed by atoms with Crippen molar-refractivity contribution < 1.29 is 13.9 Å². The number of para-hydroxylation sites is 1. The molecule has 2 aromatic carbocycles. The minimum absolute atomic E-state index is 0.00581. The smallest absolute Gasteiger partial charge is 0.137 e. The molecular weight excluding hydrogens is 480 g/mol. The maximum Gasteiger partial charge on any atom is 0.137 e. The number of aromatic nitrogens is 3. The molecule has 0 radical (unpaired) electrons. The van der Waals surface area contributed by atoms with E-state index in [0.717, 1.165) is 42.2 Å². The molecule has 0 saturated carbocycles. The van der Waals surface area contributed by atoms with E-state index in [4.69, 9.17) is 0 Å². The summed E-state index contributed by atoms with van der Waals surface area (Å²) in [6.07, 6.45) is 4.59. The molecule has 2 N–H and O–H groups in total. The third-order valence-electron chi connectivity index (χ3n) is 6.27. The zero-order valence-corrected chi connectivity index (χ0v) is 19.3. The predicted octanol–water partition coefficient (Wildman–Crippen LogP) is 4.17. The average molecular weight is 506 g/mol. The molecule has 1 aliphatic heterocycles. The second-order valence-corrected chi connectivity index (χ2v) is 9.11. The van der Waals surface area contributed by atoms with Crippen molar-refractivity contribution >= 4 is 21.6 Å². The molecule has 1 saturated heterocycles. The molecule has 2 unspecified atom stereocenters. The lowest BCUT2D eigenvalue weighted by Crippen LogP contribution is -2.55.